The molecule has 0 saturated heterocycles. The molecule has 0 saturated carbocycles. The highest BCUT2D eigenvalue weighted by Crippen LogP contribution is 2.47. The Morgan fingerprint density at radius 1 is 0.266 bits per heavy atom. The van der Waals surface area contributed by atoms with Gasteiger partial charge in [-0.3, -0.25) is 0 Å². The first-order valence-electron chi connectivity index (χ1n) is 21.9. The second kappa shape index (κ2) is 16.0. The first-order valence-corrected chi connectivity index (χ1v) is 22.7. The van der Waals surface area contributed by atoms with Gasteiger partial charge in [0.25, 0.3) is 0 Å². The third-order valence-electron chi connectivity index (χ3n) is 12.7. The van der Waals surface area contributed by atoms with Gasteiger partial charge in [-0.1, -0.05) is 200 Å². The second-order valence-electron chi connectivity index (χ2n) is 16.4. The molecule has 0 bridgehead atoms. The third-order valence-corrected chi connectivity index (χ3v) is 13.8. The van der Waals surface area contributed by atoms with Crippen molar-refractivity contribution in [3.63, 3.8) is 0 Å². The number of hydrogen-bond acceptors (Lipinski definition) is 2. The van der Waals surface area contributed by atoms with Crippen LogP contribution in [0.5, 0.6) is 0 Å². The molecular formula is C62H41NS. The molecule has 2 heteroatoms. The molecular weight excluding hydrogens is 791 g/mol. The Morgan fingerprint density at radius 3 is 1.45 bits per heavy atom. The van der Waals surface area contributed by atoms with E-state index in [-0.39, 0.29) is 0 Å². The molecule has 12 aromatic rings. The van der Waals surface area contributed by atoms with Crippen LogP contribution in [-0.2, 0) is 0 Å². The van der Waals surface area contributed by atoms with E-state index in [2.05, 4.69) is 254 Å². The van der Waals surface area contributed by atoms with Crippen LogP contribution < -0.4 is 4.90 Å². The highest BCUT2D eigenvalue weighted by molar-refractivity contribution is 7.25. The lowest BCUT2D eigenvalue weighted by molar-refractivity contribution is 1.28. The van der Waals surface area contributed by atoms with E-state index in [4.69, 9.17) is 0 Å². The van der Waals surface area contributed by atoms with E-state index in [9.17, 15) is 0 Å². The summed E-state index contributed by atoms with van der Waals surface area (Å²) in [6, 6.07) is 90.9. The molecule has 1 heterocycles. The molecule has 0 aliphatic carbocycles. The predicted octanol–water partition coefficient (Wildman–Crippen LogP) is 18.2. The normalized spacial score (nSPS) is 11.4. The lowest BCUT2D eigenvalue weighted by Crippen LogP contribution is -2.11. The molecule has 1 aromatic heterocycles. The summed E-state index contributed by atoms with van der Waals surface area (Å²) in [6.07, 6.45) is 0. The van der Waals surface area contributed by atoms with Gasteiger partial charge >= 0.3 is 0 Å². The summed E-state index contributed by atoms with van der Waals surface area (Å²) >= 11 is 1.86. The summed E-state index contributed by atoms with van der Waals surface area (Å²) in [5.41, 5.74) is 15.3. The number of nitrogens with zero attached hydrogens (tertiary/aromatic N) is 1. The summed E-state index contributed by atoms with van der Waals surface area (Å²) in [4.78, 5) is 2.43. The monoisotopic (exact) mass is 831 g/mol. The SMILES string of the molecule is c1ccc(-c2ccccc2-c2ccccc2-c2ccccc2N(c2ccc(-c3cc4ccccc4c4ccccc34)cc2)c2ccc(-c3cccc4sc5ccccc5c34)cc2)cc1. The molecule has 0 fully saturated rings. The highest BCUT2D eigenvalue weighted by Gasteiger charge is 2.21. The van der Waals surface area contributed by atoms with Crippen LogP contribution in [0.1, 0.15) is 0 Å². The Bertz CT molecular complexity index is 3660. The van der Waals surface area contributed by atoms with E-state index in [1.54, 1.807) is 0 Å². The van der Waals surface area contributed by atoms with Gasteiger partial charge in [0.1, 0.15) is 0 Å². The number of rotatable bonds is 8. The Balaban J connectivity index is 1.03. The smallest absolute Gasteiger partial charge is 0.0540 e. The number of anilines is 3. The van der Waals surface area contributed by atoms with Crippen molar-refractivity contribution in [2.45, 2.75) is 0 Å². The predicted molar refractivity (Wildman–Crippen MR) is 276 cm³/mol. The van der Waals surface area contributed by atoms with Gasteiger partial charge in [0.2, 0.25) is 0 Å². The molecule has 64 heavy (non-hydrogen) atoms. The molecule has 0 atom stereocenters. The molecule has 0 unspecified atom stereocenters. The van der Waals surface area contributed by atoms with Crippen LogP contribution >= 0.6 is 11.3 Å². The maximum Gasteiger partial charge on any atom is 0.0540 e. The van der Waals surface area contributed by atoms with Gasteiger partial charge in [0, 0.05) is 37.1 Å². The summed E-state index contributed by atoms with van der Waals surface area (Å²) in [5, 5.41) is 7.68. The minimum atomic E-state index is 1.09. The van der Waals surface area contributed by atoms with Crippen molar-refractivity contribution in [2.24, 2.45) is 0 Å². The van der Waals surface area contributed by atoms with Gasteiger partial charge in [-0.15, -0.1) is 11.3 Å². The molecule has 0 radical (unpaired) electrons. The summed E-state index contributed by atoms with van der Waals surface area (Å²) in [6.45, 7) is 0. The fourth-order valence-electron chi connectivity index (χ4n) is 9.75. The molecule has 0 N–H and O–H groups in total. The zero-order chi connectivity index (χ0) is 42.4. The van der Waals surface area contributed by atoms with Gasteiger partial charge < -0.3 is 4.90 Å². The number of para-hydroxylation sites is 1. The molecule has 300 valence electrons. The van der Waals surface area contributed by atoms with Gasteiger partial charge in [0.15, 0.2) is 0 Å². The minimum absolute atomic E-state index is 1.09. The zero-order valence-corrected chi connectivity index (χ0v) is 35.8. The average molecular weight is 832 g/mol. The van der Waals surface area contributed by atoms with E-state index in [1.807, 2.05) is 11.3 Å². The topological polar surface area (TPSA) is 3.24 Å². The third kappa shape index (κ3) is 6.55. The first-order chi connectivity index (χ1) is 31.8. The van der Waals surface area contributed by atoms with Crippen LogP contribution in [0.15, 0.2) is 249 Å². The lowest BCUT2D eigenvalue weighted by atomic mass is 9.88. The maximum absolute atomic E-state index is 2.43. The molecule has 12 rings (SSSR count). The molecule has 0 spiro atoms. The van der Waals surface area contributed by atoms with E-state index >= 15 is 0 Å². The summed E-state index contributed by atoms with van der Waals surface area (Å²) in [5.74, 6) is 0. The van der Waals surface area contributed by atoms with Crippen molar-refractivity contribution >= 4 is 70.1 Å². The standard InChI is InChI=1S/C62H41NS/c1-2-17-42(18-3-1)48-20-6-7-22-51(48)53-24-9-10-25-54(53)56-27-12-14-30-59(56)63(46-37-33-43(34-38-46)50-29-16-32-61-62(50)57-28-13-15-31-60(57)64-61)47-39-35-44(36-40-47)58-41-45-19-4-5-21-49(45)52-23-8-11-26-55(52)58/h1-41H. The quantitative estimate of drug-likeness (QED) is 0.138. The second-order valence-corrected chi connectivity index (χ2v) is 17.5. The van der Waals surface area contributed by atoms with Crippen molar-refractivity contribution in [1.82, 2.24) is 0 Å². The Kier molecular flexibility index (Phi) is 9.43. The van der Waals surface area contributed by atoms with Crippen molar-refractivity contribution in [1.29, 1.82) is 0 Å². The number of fused-ring (bicyclic) bond motifs is 6. The Morgan fingerprint density at radius 2 is 0.734 bits per heavy atom. The van der Waals surface area contributed by atoms with Crippen molar-refractivity contribution in [2.75, 3.05) is 4.90 Å². The van der Waals surface area contributed by atoms with Crippen LogP contribution in [0.25, 0.3) is 97.4 Å². The van der Waals surface area contributed by atoms with E-state index in [0.29, 0.717) is 0 Å². The van der Waals surface area contributed by atoms with E-state index < -0.39 is 0 Å². The minimum Gasteiger partial charge on any atom is -0.310 e. The number of hydrogen-bond donors (Lipinski definition) is 0. The zero-order valence-electron chi connectivity index (χ0n) is 35.0. The Hall–Kier alpha value is -8.04. The van der Waals surface area contributed by atoms with E-state index in [0.717, 1.165) is 22.6 Å². The number of benzene rings is 11. The molecule has 1 nitrogen and oxygen atoms in total. The van der Waals surface area contributed by atoms with Crippen LogP contribution in [0.4, 0.5) is 17.1 Å². The first kappa shape index (κ1) is 37.7. The summed E-state index contributed by atoms with van der Waals surface area (Å²) < 4.78 is 2.63. The molecule has 0 aliphatic heterocycles. The van der Waals surface area contributed by atoms with E-state index in [1.165, 1.54) is 91.8 Å². The van der Waals surface area contributed by atoms with Crippen LogP contribution in [0, 0.1) is 0 Å². The van der Waals surface area contributed by atoms with Gasteiger partial charge in [-0.05, 0) is 120 Å². The molecule has 11 aromatic carbocycles. The summed E-state index contributed by atoms with van der Waals surface area (Å²) in [7, 11) is 0. The average Bonchev–Trinajstić information content (AvgIpc) is 3.76. The Labute approximate surface area is 377 Å². The largest absolute Gasteiger partial charge is 0.310 e. The lowest BCUT2D eigenvalue weighted by Gasteiger charge is -2.29. The van der Waals surface area contributed by atoms with Crippen LogP contribution in [-0.4, -0.2) is 0 Å². The van der Waals surface area contributed by atoms with Gasteiger partial charge in [-0.25, -0.2) is 0 Å². The highest BCUT2D eigenvalue weighted by atomic mass is 32.1. The van der Waals surface area contributed by atoms with Gasteiger partial charge in [-0.2, -0.15) is 0 Å². The van der Waals surface area contributed by atoms with Gasteiger partial charge in [0.05, 0.1) is 5.69 Å². The van der Waals surface area contributed by atoms with Crippen LogP contribution in [0.2, 0.25) is 0 Å². The van der Waals surface area contributed by atoms with Crippen molar-refractivity contribution < 1.29 is 0 Å². The maximum atomic E-state index is 2.43. The fourth-order valence-corrected chi connectivity index (χ4v) is 10.9. The van der Waals surface area contributed by atoms with Crippen LogP contribution in [0.3, 0.4) is 0 Å². The number of thiophene rings is 1. The molecule has 0 aliphatic rings. The molecule has 0 amide bonds. The fraction of sp³-hybridized carbons (Fsp3) is 0. The van der Waals surface area contributed by atoms with Crippen molar-refractivity contribution in [3.8, 4) is 55.6 Å². The van der Waals surface area contributed by atoms with Crippen molar-refractivity contribution in [3.05, 3.63) is 249 Å².